The predicted octanol–water partition coefficient (Wildman–Crippen LogP) is 2.08. The average molecular weight is 245 g/mol. The van der Waals surface area contributed by atoms with Crippen molar-refractivity contribution < 1.29 is 14.3 Å². The number of ketones is 1. The van der Waals surface area contributed by atoms with Gasteiger partial charge in [-0.15, -0.1) is 0 Å². The number of aromatic nitrogens is 1. The fourth-order valence-electron chi connectivity index (χ4n) is 1.72. The Bertz CT molecular complexity index is 534. The summed E-state index contributed by atoms with van der Waals surface area (Å²) in [5, 5.41) is 1.87. The quantitative estimate of drug-likeness (QED) is 0.577. The highest BCUT2D eigenvalue weighted by Gasteiger charge is 2.10. The van der Waals surface area contributed by atoms with Crippen molar-refractivity contribution in [2.75, 3.05) is 26.9 Å². The summed E-state index contributed by atoms with van der Waals surface area (Å²) in [6.07, 6.45) is 3.34. The van der Waals surface area contributed by atoms with Crippen LogP contribution in [-0.2, 0) is 9.47 Å². The molecular formula is C14H15NO3. The first-order valence-electron chi connectivity index (χ1n) is 5.75. The number of benzene rings is 1. The number of nitrogens with zero attached hydrogens (tertiary/aromatic N) is 1. The lowest BCUT2D eigenvalue weighted by atomic mass is 10.1. The largest absolute Gasteiger partial charge is 0.382 e. The van der Waals surface area contributed by atoms with E-state index in [4.69, 9.17) is 9.47 Å². The van der Waals surface area contributed by atoms with E-state index in [9.17, 15) is 4.79 Å². The van der Waals surface area contributed by atoms with Crippen LogP contribution in [0.5, 0.6) is 0 Å². The Morgan fingerprint density at radius 3 is 2.89 bits per heavy atom. The van der Waals surface area contributed by atoms with Crippen LogP contribution in [0.4, 0.5) is 0 Å². The summed E-state index contributed by atoms with van der Waals surface area (Å²) in [4.78, 5) is 16.1. The molecule has 1 aromatic carbocycles. The van der Waals surface area contributed by atoms with Gasteiger partial charge in [-0.2, -0.15) is 0 Å². The average Bonchev–Trinajstić information content (AvgIpc) is 2.43. The number of pyridine rings is 1. The van der Waals surface area contributed by atoms with Crippen LogP contribution in [0, 0.1) is 0 Å². The van der Waals surface area contributed by atoms with Crippen molar-refractivity contribution in [1.29, 1.82) is 0 Å². The highest BCUT2D eigenvalue weighted by molar-refractivity contribution is 6.08. The number of rotatable bonds is 6. The number of fused-ring (bicyclic) bond motifs is 1. The van der Waals surface area contributed by atoms with E-state index in [1.165, 1.54) is 0 Å². The van der Waals surface area contributed by atoms with E-state index < -0.39 is 0 Å². The van der Waals surface area contributed by atoms with Crippen LogP contribution < -0.4 is 0 Å². The van der Waals surface area contributed by atoms with Crippen molar-refractivity contribution in [3.05, 3.63) is 42.2 Å². The van der Waals surface area contributed by atoms with Gasteiger partial charge in [0, 0.05) is 30.5 Å². The van der Waals surface area contributed by atoms with Crippen LogP contribution in [0.1, 0.15) is 10.4 Å². The lowest BCUT2D eigenvalue weighted by Gasteiger charge is -2.06. The zero-order chi connectivity index (χ0) is 12.8. The van der Waals surface area contributed by atoms with Gasteiger partial charge in [-0.1, -0.05) is 24.3 Å². The Hall–Kier alpha value is -1.78. The van der Waals surface area contributed by atoms with Crippen LogP contribution in [0.25, 0.3) is 10.8 Å². The maximum absolute atomic E-state index is 12.0. The third kappa shape index (κ3) is 2.91. The zero-order valence-corrected chi connectivity index (χ0v) is 10.3. The molecular weight excluding hydrogens is 230 g/mol. The summed E-state index contributed by atoms with van der Waals surface area (Å²) >= 11 is 0. The molecule has 0 N–H and O–H groups in total. The number of carbonyl (C=O) groups excluding carboxylic acids is 1. The Kier molecular flexibility index (Phi) is 4.39. The molecule has 18 heavy (non-hydrogen) atoms. The Morgan fingerprint density at radius 2 is 2.06 bits per heavy atom. The molecule has 4 heteroatoms. The molecule has 0 fully saturated rings. The van der Waals surface area contributed by atoms with E-state index in [1.54, 1.807) is 19.5 Å². The molecule has 94 valence electrons. The second-order valence-corrected chi connectivity index (χ2v) is 3.88. The van der Waals surface area contributed by atoms with Crippen LogP contribution >= 0.6 is 0 Å². The molecule has 2 rings (SSSR count). The van der Waals surface area contributed by atoms with Gasteiger partial charge >= 0.3 is 0 Å². The van der Waals surface area contributed by atoms with Gasteiger partial charge < -0.3 is 9.47 Å². The number of Topliss-reactive ketones (excluding diaryl/α,β-unsaturated/α-hetero) is 1. The third-order valence-electron chi connectivity index (χ3n) is 2.63. The van der Waals surface area contributed by atoms with Gasteiger partial charge in [-0.05, 0) is 5.39 Å². The van der Waals surface area contributed by atoms with Gasteiger partial charge in [0.25, 0.3) is 0 Å². The molecule has 2 aromatic rings. The summed E-state index contributed by atoms with van der Waals surface area (Å²) in [6, 6.07) is 7.68. The van der Waals surface area contributed by atoms with Gasteiger partial charge in [0.1, 0.15) is 6.61 Å². The molecule has 0 unspecified atom stereocenters. The van der Waals surface area contributed by atoms with Crippen LogP contribution in [0.15, 0.2) is 36.7 Å². The Morgan fingerprint density at radius 1 is 1.22 bits per heavy atom. The fraction of sp³-hybridized carbons (Fsp3) is 0.286. The molecule has 1 aromatic heterocycles. The molecule has 0 aliphatic carbocycles. The predicted molar refractivity (Wildman–Crippen MR) is 68.8 cm³/mol. The summed E-state index contributed by atoms with van der Waals surface area (Å²) in [7, 11) is 1.60. The summed E-state index contributed by atoms with van der Waals surface area (Å²) in [5.41, 5.74) is 0.602. The van der Waals surface area contributed by atoms with Crippen LogP contribution in [0.2, 0.25) is 0 Å². The summed E-state index contributed by atoms with van der Waals surface area (Å²) < 4.78 is 10.1. The lowest BCUT2D eigenvalue weighted by Crippen LogP contribution is -2.12. The number of hydrogen-bond acceptors (Lipinski definition) is 4. The highest BCUT2D eigenvalue weighted by Crippen LogP contribution is 2.17. The van der Waals surface area contributed by atoms with Gasteiger partial charge in [0.15, 0.2) is 5.78 Å². The van der Waals surface area contributed by atoms with E-state index in [0.29, 0.717) is 18.8 Å². The number of carbonyl (C=O) groups is 1. The molecule has 1 heterocycles. The highest BCUT2D eigenvalue weighted by atomic mass is 16.5. The lowest BCUT2D eigenvalue weighted by molar-refractivity contribution is 0.0578. The molecule has 4 nitrogen and oxygen atoms in total. The van der Waals surface area contributed by atoms with E-state index in [-0.39, 0.29) is 12.4 Å². The first-order chi connectivity index (χ1) is 8.83. The van der Waals surface area contributed by atoms with E-state index in [1.807, 2.05) is 24.3 Å². The number of ether oxygens (including phenoxy) is 2. The van der Waals surface area contributed by atoms with E-state index in [0.717, 1.165) is 10.8 Å². The van der Waals surface area contributed by atoms with Crippen molar-refractivity contribution in [3.63, 3.8) is 0 Å². The van der Waals surface area contributed by atoms with Crippen molar-refractivity contribution >= 4 is 16.6 Å². The number of hydrogen-bond donors (Lipinski definition) is 0. The molecule has 0 saturated heterocycles. The minimum atomic E-state index is -0.0598. The smallest absolute Gasteiger partial charge is 0.190 e. The van der Waals surface area contributed by atoms with Crippen molar-refractivity contribution in [3.8, 4) is 0 Å². The Labute approximate surface area is 106 Å². The van der Waals surface area contributed by atoms with E-state index >= 15 is 0 Å². The molecule has 0 spiro atoms. The molecule has 0 atom stereocenters. The second-order valence-electron chi connectivity index (χ2n) is 3.88. The SMILES string of the molecule is COCCOCC(=O)c1cncc2ccccc12. The zero-order valence-electron chi connectivity index (χ0n) is 10.3. The number of methoxy groups -OCH3 is 1. The molecule has 0 aliphatic rings. The maximum atomic E-state index is 12.0. The summed E-state index contributed by atoms with van der Waals surface area (Å²) in [6.45, 7) is 0.959. The monoisotopic (exact) mass is 245 g/mol. The first-order valence-corrected chi connectivity index (χ1v) is 5.75. The van der Waals surface area contributed by atoms with Gasteiger partial charge in [-0.25, -0.2) is 0 Å². The van der Waals surface area contributed by atoms with Gasteiger partial charge in [0.2, 0.25) is 0 Å². The molecule has 0 radical (unpaired) electrons. The van der Waals surface area contributed by atoms with Crippen LogP contribution in [-0.4, -0.2) is 37.7 Å². The van der Waals surface area contributed by atoms with Gasteiger partial charge in [0.05, 0.1) is 13.2 Å². The van der Waals surface area contributed by atoms with Crippen molar-refractivity contribution in [1.82, 2.24) is 4.98 Å². The van der Waals surface area contributed by atoms with Crippen LogP contribution in [0.3, 0.4) is 0 Å². The van der Waals surface area contributed by atoms with Crippen molar-refractivity contribution in [2.24, 2.45) is 0 Å². The van der Waals surface area contributed by atoms with Gasteiger partial charge in [-0.3, -0.25) is 9.78 Å². The second kappa shape index (κ2) is 6.23. The van der Waals surface area contributed by atoms with E-state index in [2.05, 4.69) is 4.98 Å². The molecule has 0 bridgehead atoms. The third-order valence-corrected chi connectivity index (χ3v) is 2.63. The maximum Gasteiger partial charge on any atom is 0.190 e. The normalized spacial score (nSPS) is 10.7. The minimum Gasteiger partial charge on any atom is -0.382 e. The Balaban J connectivity index is 2.13. The summed E-state index contributed by atoms with van der Waals surface area (Å²) in [5.74, 6) is -0.0598. The topological polar surface area (TPSA) is 48.4 Å². The minimum absolute atomic E-state index is 0.0546. The van der Waals surface area contributed by atoms with Crippen molar-refractivity contribution in [2.45, 2.75) is 0 Å². The standard InChI is InChI=1S/C14H15NO3/c1-17-6-7-18-10-14(16)13-9-15-8-11-4-2-3-5-12(11)13/h2-5,8-9H,6-7,10H2,1H3. The molecule has 0 saturated carbocycles. The molecule has 0 aliphatic heterocycles. The fourth-order valence-corrected chi connectivity index (χ4v) is 1.72. The first kappa shape index (κ1) is 12.7. The molecule has 0 amide bonds.